The molecule has 0 aliphatic carbocycles. The van der Waals surface area contributed by atoms with Crippen molar-refractivity contribution in [3.63, 3.8) is 0 Å². The van der Waals surface area contributed by atoms with Crippen LogP contribution in [0.1, 0.15) is 25.3 Å². The molecule has 0 bridgehead atoms. The smallest absolute Gasteiger partial charge is 0.123 e. The molecule has 1 aromatic carbocycles. The molecular formula is C20H26FN3O. The van der Waals surface area contributed by atoms with Crippen LogP contribution < -0.4 is 5.43 Å². The van der Waals surface area contributed by atoms with Crippen molar-refractivity contribution in [1.29, 1.82) is 0 Å². The highest BCUT2D eigenvalue weighted by atomic mass is 19.1. The third-order valence-corrected chi connectivity index (χ3v) is 4.86. The Kier molecular flexibility index (Phi) is 6.00. The summed E-state index contributed by atoms with van der Waals surface area (Å²) in [6, 6.07) is 10.8. The summed E-state index contributed by atoms with van der Waals surface area (Å²) in [7, 11) is 0. The van der Waals surface area contributed by atoms with Crippen LogP contribution in [0.3, 0.4) is 0 Å². The molecule has 0 saturated carbocycles. The molecule has 4 nitrogen and oxygen atoms in total. The lowest BCUT2D eigenvalue weighted by molar-refractivity contribution is 0.0509. The Hall–Kier alpha value is -1.98. The third kappa shape index (κ3) is 5.00. The molecule has 25 heavy (non-hydrogen) atoms. The van der Waals surface area contributed by atoms with E-state index in [1.165, 1.54) is 17.7 Å². The first-order valence-corrected chi connectivity index (χ1v) is 8.93. The molecule has 1 fully saturated rings. The van der Waals surface area contributed by atoms with E-state index in [4.69, 9.17) is 4.74 Å². The lowest BCUT2D eigenvalue weighted by Gasteiger charge is -2.29. The molecule has 0 unspecified atom stereocenters. The van der Waals surface area contributed by atoms with Crippen LogP contribution in [-0.2, 0) is 11.2 Å². The number of anilines is 1. The van der Waals surface area contributed by atoms with Gasteiger partial charge in [-0.15, -0.1) is 0 Å². The molecule has 2 aromatic rings. The number of aromatic nitrogens is 1. The summed E-state index contributed by atoms with van der Waals surface area (Å²) in [6.07, 6.45) is 6.66. The van der Waals surface area contributed by atoms with Crippen molar-refractivity contribution in [1.82, 2.24) is 9.99 Å². The predicted molar refractivity (Wildman–Crippen MR) is 97.7 cm³/mol. The number of nitrogens with zero attached hydrogens (tertiary/aromatic N) is 2. The van der Waals surface area contributed by atoms with Crippen molar-refractivity contribution < 1.29 is 9.13 Å². The fourth-order valence-electron chi connectivity index (χ4n) is 3.42. The lowest BCUT2D eigenvalue weighted by atomic mass is 9.82. The van der Waals surface area contributed by atoms with Gasteiger partial charge >= 0.3 is 0 Å². The van der Waals surface area contributed by atoms with Gasteiger partial charge in [0, 0.05) is 31.3 Å². The van der Waals surface area contributed by atoms with Gasteiger partial charge in [-0.3, -0.25) is 4.98 Å². The summed E-state index contributed by atoms with van der Waals surface area (Å²) in [5, 5.41) is 2.25. The number of benzene rings is 1. The van der Waals surface area contributed by atoms with Crippen LogP contribution in [0, 0.1) is 11.2 Å². The number of aryl methyl sites for hydroxylation is 1. The van der Waals surface area contributed by atoms with E-state index in [1.807, 2.05) is 37.4 Å². The van der Waals surface area contributed by atoms with Crippen LogP contribution in [0.4, 0.5) is 10.1 Å². The van der Waals surface area contributed by atoms with Gasteiger partial charge < -0.3 is 10.2 Å². The van der Waals surface area contributed by atoms with Gasteiger partial charge in [0.25, 0.3) is 0 Å². The molecule has 1 N–H and O–H groups in total. The van der Waals surface area contributed by atoms with Crippen molar-refractivity contribution in [3.05, 3.63) is 60.2 Å². The SMILES string of the molecule is CCOC[C@@]1(CCc2ccc(F)cc2)CCN(Nc2cccnc2)C1. The second-order valence-corrected chi connectivity index (χ2v) is 6.79. The first kappa shape index (κ1) is 17.8. The van der Waals surface area contributed by atoms with Crippen molar-refractivity contribution in [2.24, 2.45) is 5.41 Å². The number of hydrogen-bond donors (Lipinski definition) is 1. The molecule has 1 aliphatic rings. The van der Waals surface area contributed by atoms with Crippen molar-refractivity contribution in [3.8, 4) is 0 Å². The molecule has 1 saturated heterocycles. The maximum Gasteiger partial charge on any atom is 0.123 e. The highest BCUT2D eigenvalue weighted by Crippen LogP contribution is 2.35. The summed E-state index contributed by atoms with van der Waals surface area (Å²) in [4.78, 5) is 4.15. The number of hydrogen-bond acceptors (Lipinski definition) is 4. The Morgan fingerprint density at radius 2 is 2.12 bits per heavy atom. The van der Waals surface area contributed by atoms with Crippen LogP contribution >= 0.6 is 0 Å². The van der Waals surface area contributed by atoms with Crippen LogP contribution in [-0.4, -0.2) is 36.3 Å². The van der Waals surface area contributed by atoms with Crippen molar-refractivity contribution in [2.45, 2.75) is 26.2 Å². The second-order valence-electron chi connectivity index (χ2n) is 6.79. The first-order valence-electron chi connectivity index (χ1n) is 8.93. The predicted octanol–water partition coefficient (Wildman–Crippen LogP) is 3.91. The van der Waals surface area contributed by atoms with Gasteiger partial charge in [-0.2, -0.15) is 0 Å². The topological polar surface area (TPSA) is 37.4 Å². The molecule has 1 aromatic heterocycles. The number of hydrazine groups is 1. The van der Waals surface area contributed by atoms with Gasteiger partial charge in [0.15, 0.2) is 0 Å². The molecule has 134 valence electrons. The minimum atomic E-state index is -0.180. The fourth-order valence-corrected chi connectivity index (χ4v) is 3.42. The second kappa shape index (κ2) is 8.41. The third-order valence-electron chi connectivity index (χ3n) is 4.86. The van der Waals surface area contributed by atoms with Gasteiger partial charge in [-0.1, -0.05) is 12.1 Å². The number of ether oxygens (including phenoxy) is 1. The Morgan fingerprint density at radius 1 is 1.28 bits per heavy atom. The fraction of sp³-hybridized carbons (Fsp3) is 0.450. The van der Waals surface area contributed by atoms with E-state index < -0.39 is 0 Å². The molecule has 5 heteroatoms. The van der Waals surface area contributed by atoms with E-state index in [-0.39, 0.29) is 11.2 Å². The van der Waals surface area contributed by atoms with Crippen LogP contribution in [0.25, 0.3) is 0 Å². The highest BCUT2D eigenvalue weighted by molar-refractivity contribution is 5.38. The van der Waals surface area contributed by atoms with E-state index in [0.29, 0.717) is 0 Å². The Morgan fingerprint density at radius 3 is 2.84 bits per heavy atom. The quantitative estimate of drug-likeness (QED) is 0.788. The lowest BCUT2D eigenvalue weighted by Crippen LogP contribution is -2.34. The van der Waals surface area contributed by atoms with E-state index in [1.54, 1.807) is 6.20 Å². The van der Waals surface area contributed by atoms with Gasteiger partial charge in [0.05, 0.1) is 18.5 Å². The van der Waals surface area contributed by atoms with E-state index in [9.17, 15) is 4.39 Å². The highest BCUT2D eigenvalue weighted by Gasteiger charge is 2.38. The molecule has 1 aliphatic heterocycles. The minimum absolute atomic E-state index is 0.125. The summed E-state index contributed by atoms with van der Waals surface area (Å²) >= 11 is 0. The largest absolute Gasteiger partial charge is 0.381 e. The molecule has 0 radical (unpaired) electrons. The maximum atomic E-state index is 13.1. The molecule has 3 rings (SSSR count). The standard InChI is InChI=1S/C20H26FN3O/c1-2-25-16-20(10-9-17-5-7-18(21)8-6-17)11-13-24(15-20)23-19-4-3-12-22-14-19/h3-8,12,14,23H,2,9-11,13,15-16H2,1H3/t20-/m0/s1. The molecule has 2 heterocycles. The zero-order chi connectivity index (χ0) is 17.5. The normalized spacial score (nSPS) is 20.7. The Labute approximate surface area is 149 Å². The number of nitrogens with one attached hydrogen (secondary N) is 1. The number of pyridine rings is 1. The first-order chi connectivity index (χ1) is 12.2. The van der Waals surface area contributed by atoms with Gasteiger partial charge in [0.1, 0.15) is 5.82 Å². The monoisotopic (exact) mass is 343 g/mol. The van der Waals surface area contributed by atoms with Crippen LogP contribution in [0.2, 0.25) is 0 Å². The molecule has 0 spiro atoms. The zero-order valence-corrected chi connectivity index (χ0v) is 14.7. The maximum absolute atomic E-state index is 13.1. The summed E-state index contributed by atoms with van der Waals surface area (Å²) < 4.78 is 18.9. The number of halogens is 1. The number of rotatable bonds is 8. The summed E-state index contributed by atoms with van der Waals surface area (Å²) in [5.74, 6) is -0.180. The van der Waals surface area contributed by atoms with Gasteiger partial charge in [-0.05, 0) is 56.0 Å². The molecule has 0 amide bonds. The van der Waals surface area contributed by atoms with E-state index >= 15 is 0 Å². The van der Waals surface area contributed by atoms with Crippen LogP contribution in [0.5, 0.6) is 0 Å². The molecular weight excluding hydrogens is 317 g/mol. The van der Waals surface area contributed by atoms with Crippen LogP contribution in [0.15, 0.2) is 48.8 Å². The van der Waals surface area contributed by atoms with Crippen molar-refractivity contribution >= 4 is 5.69 Å². The zero-order valence-electron chi connectivity index (χ0n) is 14.7. The van der Waals surface area contributed by atoms with Gasteiger partial charge in [-0.25, -0.2) is 9.40 Å². The van der Waals surface area contributed by atoms with E-state index in [0.717, 1.165) is 51.3 Å². The van der Waals surface area contributed by atoms with E-state index in [2.05, 4.69) is 15.4 Å². The average molecular weight is 343 g/mol. The minimum Gasteiger partial charge on any atom is -0.381 e. The summed E-state index contributed by atoms with van der Waals surface area (Å²) in [5.41, 5.74) is 5.75. The Balaban J connectivity index is 1.61. The van der Waals surface area contributed by atoms with Gasteiger partial charge in [0.2, 0.25) is 0 Å². The Bertz CT molecular complexity index is 650. The summed E-state index contributed by atoms with van der Waals surface area (Å²) in [6.45, 7) is 5.44. The van der Waals surface area contributed by atoms with Crippen molar-refractivity contribution in [2.75, 3.05) is 31.7 Å². The molecule has 1 atom stereocenters. The average Bonchev–Trinajstić information content (AvgIpc) is 3.04.